The molecule has 0 bridgehead atoms. The first-order chi connectivity index (χ1) is 12.4. The van der Waals surface area contributed by atoms with E-state index in [4.69, 9.17) is 4.74 Å². The van der Waals surface area contributed by atoms with Crippen molar-refractivity contribution in [1.82, 2.24) is 0 Å². The van der Waals surface area contributed by atoms with Crippen molar-refractivity contribution in [3.05, 3.63) is 70.2 Å². The fourth-order valence-electron chi connectivity index (χ4n) is 3.74. The number of aliphatic hydroxyl groups is 1. The second kappa shape index (κ2) is 75.7. The van der Waals surface area contributed by atoms with Gasteiger partial charge in [0.15, 0.2) is 0 Å². The molecule has 52 heavy (non-hydrogen) atoms. The number of rotatable bonds is 1. The third kappa shape index (κ3) is 36.1. The van der Waals surface area contributed by atoms with Crippen LogP contribution in [0.4, 0.5) is 0 Å². The molecule has 2 atom stereocenters. The molecule has 2 unspecified atom stereocenters. The third-order valence-electron chi connectivity index (χ3n) is 5.08. The molecule has 0 saturated carbocycles. The van der Waals surface area contributed by atoms with Crippen molar-refractivity contribution in [2.24, 2.45) is 5.92 Å². The van der Waals surface area contributed by atoms with Gasteiger partial charge >= 0.3 is 160 Å². The third-order valence-corrected chi connectivity index (χ3v) is 5.78. The molecule has 32 heteroatoms. The van der Waals surface area contributed by atoms with Gasteiger partial charge in [-0.1, -0.05) is 0 Å². The Balaban J connectivity index is -0.0000000154. The van der Waals surface area contributed by atoms with E-state index in [9.17, 15) is 20.1 Å². The number of carbonyl (C=O) groups excluding carboxylic acids is 1. The second-order valence-electron chi connectivity index (χ2n) is 6.43. The number of phenolic OH excluding ortho intramolecular Hbond substituents is 2. The summed E-state index contributed by atoms with van der Waals surface area (Å²) in [4.78, 5) is 13.0. The number of ether oxygens (including phenoxy) is 1. The number of aliphatic hydroxyl groups excluding tert-OH is 1. The quantitative estimate of drug-likeness (QED) is 0.258. The molecule has 2 aromatic carbocycles. The Morgan fingerprint density at radius 3 is 1.38 bits per heavy atom. The van der Waals surface area contributed by atoms with Crippen molar-refractivity contribution in [1.29, 1.82) is 0 Å². The maximum atomic E-state index is 13.0. The number of hydrogen-bond donors (Lipinski definition) is 3. The molecular weight excluding hydrogens is 1700 g/mol. The van der Waals surface area contributed by atoms with Crippen LogP contribution in [0.1, 0.15) is 51.2 Å². The number of benzene rings is 2. The van der Waals surface area contributed by atoms with Crippen LogP contribution in [0.5, 0.6) is 11.5 Å². The Morgan fingerprint density at radius 1 is 0.673 bits per heavy atom. The normalized spacial score (nSPS) is 10.8. The van der Waals surface area contributed by atoms with Crippen LogP contribution in [0.15, 0.2) is 18.2 Å². The van der Waals surface area contributed by atoms with Crippen LogP contribution in [0.25, 0.3) is 0 Å². The van der Waals surface area contributed by atoms with Gasteiger partial charge in [-0.2, -0.15) is 0 Å². The monoisotopic (exact) mass is 1710 g/mol. The number of phenols is 2. The first-order valence-electron chi connectivity index (χ1n) is 8.05. The first kappa shape index (κ1) is 151. The molecule has 0 fully saturated rings. The molecule has 0 saturated heterocycles. The SMILES string of the molecule is COC1c2c(O)c3c(c(O)c2[CH-][C-](O)C1C)C(=O)c1ccc[c-]c1[C]3=[V].[V].[V].[V].[V].[V].[V].[V].[V].[V].[V].[V].[V].[V].[V].[V].[V].[V].[V].[V].[V].[V].[V].[V].[V].[V].[V]. The zero-order chi connectivity index (χ0) is 18.7. The summed E-state index contributed by atoms with van der Waals surface area (Å²) < 4.78 is 6.08. The van der Waals surface area contributed by atoms with Gasteiger partial charge in [0.1, 0.15) is 0 Å². The van der Waals surface area contributed by atoms with Gasteiger partial charge in [0.05, 0.1) is 0 Å². The number of fused-ring (bicyclic) bond motifs is 3. The summed E-state index contributed by atoms with van der Waals surface area (Å²) in [6.45, 7) is 1.76. The molecular formula is C20H15O5V27-3. The molecule has 2 aromatic rings. The standard InChI is InChI=1S/C20H15O5.27V/c1-9-14(21)8-13-16(20(9)25-2)19(24)12-7-10-5-3-4-6-11(10)17(22)15(12)18(13)23;;;;;;;;;;;;;;;;;;;;;;;;;;;/h3-4,6,8-9,20-21,23-24H,1-2H3;;;;;;;;;;;;;;;;;;;;;;;;;;;/q-3;;;;;;;;;;;;;;;;;;;;;;;;;;;. The molecule has 0 aliphatic heterocycles. The van der Waals surface area contributed by atoms with E-state index in [1.54, 1.807) is 25.1 Å². The number of ketones is 1. The molecule has 0 amide bonds. The van der Waals surface area contributed by atoms with Gasteiger partial charge in [0.2, 0.25) is 0 Å². The van der Waals surface area contributed by atoms with Gasteiger partial charge in [0.25, 0.3) is 0 Å². The van der Waals surface area contributed by atoms with E-state index in [0.29, 0.717) is 20.9 Å². The molecule has 2 aliphatic carbocycles. The minimum Gasteiger partial charge on any atom is 0 e. The maximum absolute atomic E-state index is 13.0. The topological polar surface area (TPSA) is 87.0 Å². The molecule has 5 nitrogen and oxygen atoms in total. The Kier molecular flexibility index (Phi) is 220. The average Bonchev–Trinajstić information content (AvgIpc) is 2.64. The molecule has 3 N–H and O–H groups in total. The maximum Gasteiger partial charge on any atom is 0 e. The second-order valence-corrected chi connectivity index (χ2v) is 7.12. The molecule has 0 heterocycles. The van der Waals surface area contributed by atoms with Gasteiger partial charge in [-0.3, -0.25) is 0 Å². The van der Waals surface area contributed by atoms with Crippen LogP contribution >= 0.6 is 0 Å². The van der Waals surface area contributed by atoms with Crippen LogP contribution in [-0.4, -0.2) is 32.4 Å². The Labute approximate surface area is 628 Å². The van der Waals surface area contributed by atoms with Crippen molar-refractivity contribution >= 4 is 10.0 Å². The Bertz CT molecular complexity index is 1010. The van der Waals surface area contributed by atoms with Gasteiger partial charge in [-0.05, 0) is 0 Å². The van der Waals surface area contributed by atoms with Crippen LogP contribution < -0.4 is 0 Å². The molecule has 26 radical (unpaired) electrons. The molecule has 0 spiro atoms. The Hall–Kier alpha value is 13.1. The summed E-state index contributed by atoms with van der Waals surface area (Å²) in [6, 6.07) is 8.08. The smallest absolute Gasteiger partial charge is 0 e. The van der Waals surface area contributed by atoms with Crippen LogP contribution in [-0.2, 0) is 504 Å². The van der Waals surface area contributed by atoms with E-state index in [1.165, 1.54) is 13.5 Å². The summed E-state index contributed by atoms with van der Waals surface area (Å²) >= 11 is 2.34. The van der Waals surface area contributed by atoms with E-state index in [1.807, 2.05) is 0 Å². The summed E-state index contributed by atoms with van der Waals surface area (Å²) in [5.41, 5.74) is 1.86. The summed E-state index contributed by atoms with van der Waals surface area (Å²) in [7, 11) is 1.47. The summed E-state index contributed by atoms with van der Waals surface area (Å²) in [5.74, 6) is -1.18. The van der Waals surface area contributed by atoms with Crippen molar-refractivity contribution < 1.29 is 524 Å². The number of hydrogen-bond acceptors (Lipinski definition) is 5. The molecule has 4 rings (SSSR count). The van der Waals surface area contributed by atoms with E-state index in [2.05, 4.69) is 23.0 Å². The minimum absolute atomic E-state index is 0. The predicted octanol–water partition coefficient (Wildman–Crippen LogP) is 2.29. The fraction of sp³-hybridized carbons (Fsp3) is 0.200. The zero-order valence-corrected chi connectivity index (χ0v) is 63.4. The number of carbonyl (C=O) groups is 1. The van der Waals surface area contributed by atoms with Gasteiger partial charge < -0.3 is 0 Å². The summed E-state index contributed by atoms with van der Waals surface area (Å²) in [6.07, 6.45) is 0.754. The number of aromatic hydroxyl groups is 2. The van der Waals surface area contributed by atoms with E-state index < -0.39 is 17.8 Å². The van der Waals surface area contributed by atoms with Crippen molar-refractivity contribution in [2.45, 2.75) is 13.0 Å². The number of methoxy groups -OCH3 is 1. The molecule has 263 valence electrons. The zero-order valence-electron chi connectivity index (χ0n) is 25.7. The first-order valence-corrected chi connectivity index (χ1v) is 8.75. The molecule has 0 aromatic heterocycles. The van der Waals surface area contributed by atoms with Crippen molar-refractivity contribution in [3.8, 4) is 11.5 Å². The van der Waals surface area contributed by atoms with Crippen LogP contribution in [0.2, 0.25) is 0 Å². The Morgan fingerprint density at radius 2 is 1.04 bits per heavy atom. The van der Waals surface area contributed by atoms with E-state index >= 15 is 0 Å². The van der Waals surface area contributed by atoms with Crippen molar-refractivity contribution in [3.63, 3.8) is 0 Å². The van der Waals surface area contributed by atoms with E-state index in [-0.39, 0.29) is 517 Å². The minimum atomic E-state index is -0.650. The van der Waals surface area contributed by atoms with Gasteiger partial charge in [-0.25, -0.2) is 0 Å². The van der Waals surface area contributed by atoms with Gasteiger partial charge in [-0.15, -0.1) is 0 Å². The molecule has 2 aliphatic rings. The fourth-order valence-corrected chi connectivity index (χ4v) is 4.36. The van der Waals surface area contributed by atoms with Gasteiger partial charge in [0, 0.05) is 482 Å². The predicted molar refractivity (Wildman–Crippen MR) is 89.2 cm³/mol. The van der Waals surface area contributed by atoms with Crippen LogP contribution in [0.3, 0.4) is 0 Å². The summed E-state index contributed by atoms with van der Waals surface area (Å²) in [5, 5.41) is 32.1. The van der Waals surface area contributed by atoms with E-state index in [0.717, 1.165) is 0 Å². The largest absolute Gasteiger partial charge is 0 e. The van der Waals surface area contributed by atoms with Crippen molar-refractivity contribution in [2.75, 3.05) is 7.11 Å². The van der Waals surface area contributed by atoms with Crippen LogP contribution in [0, 0.1) is 24.5 Å². The average molecular weight is 1710 g/mol.